The lowest BCUT2D eigenvalue weighted by Gasteiger charge is -2.07. The maximum atomic E-state index is 13.0. The number of carbonyl (C=O) groups is 2. The average molecular weight is 239 g/mol. The molecule has 0 aliphatic rings. The van der Waals surface area contributed by atoms with Gasteiger partial charge in [0.05, 0.1) is 13.1 Å². The fourth-order valence-corrected chi connectivity index (χ4v) is 1.26. The highest BCUT2D eigenvalue weighted by atomic mass is 19.1. The number of halogens is 1. The summed E-state index contributed by atoms with van der Waals surface area (Å²) in [6.07, 6.45) is 0. The molecule has 2 amide bonds. The lowest BCUT2D eigenvalue weighted by Crippen LogP contribution is -2.36. The highest BCUT2D eigenvalue weighted by molar-refractivity contribution is 5.94. The van der Waals surface area contributed by atoms with Crippen molar-refractivity contribution >= 4 is 17.5 Å². The predicted molar refractivity (Wildman–Crippen MR) is 61.8 cm³/mol. The Morgan fingerprint density at radius 2 is 2.00 bits per heavy atom. The molecule has 0 heterocycles. The first-order valence-corrected chi connectivity index (χ1v) is 5.05. The van der Waals surface area contributed by atoms with Crippen molar-refractivity contribution in [1.82, 2.24) is 5.32 Å². The summed E-state index contributed by atoms with van der Waals surface area (Å²) < 4.78 is 13.0. The van der Waals surface area contributed by atoms with Gasteiger partial charge in [-0.05, 0) is 30.7 Å². The van der Waals surface area contributed by atoms with Crippen LogP contribution < -0.4 is 16.4 Å². The maximum Gasteiger partial charge on any atom is 0.243 e. The monoisotopic (exact) mass is 239 g/mol. The Labute approximate surface area is 98.2 Å². The third kappa shape index (κ3) is 4.60. The summed E-state index contributed by atoms with van der Waals surface area (Å²) in [4.78, 5) is 22.2. The molecule has 6 heteroatoms. The van der Waals surface area contributed by atoms with Gasteiger partial charge in [0.2, 0.25) is 11.8 Å². The molecule has 0 atom stereocenters. The van der Waals surface area contributed by atoms with E-state index in [2.05, 4.69) is 10.6 Å². The van der Waals surface area contributed by atoms with Crippen LogP contribution in [0.1, 0.15) is 5.56 Å². The molecular weight excluding hydrogens is 225 g/mol. The van der Waals surface area contributed by atoms with E-state index < -0.39 is 17.6 Å². The number of carbonyl (C=O) groups excluding carboxylic acids is 2. The van der Waals surface area contributed by atoms with Crippen molar-refractivity contribution in [2.45, 2.75) is 6.92 Å². The van der Waals surface area contributed by atoms with E-state index in [1.165, 1.54) is 12.1 Å². The summed E-state index contributed by atoms with van der Waals surface area (Å²) in [5, 5.41) is 4.78. The molecule has 0 bridgehead atoms. The molecule has 0 fully saturated rings. The van der Waals surface area contributed by atoms with Gasteiger partial charge < -0.3 is 16.4 Å². The zero-order valence-corrected chi connectivity index (χ0v) is 9.42. The Balaban J connectivity index is 2.53. The fourth-order valence-electron chi connectivity index (χ4n) is 1.26. The van der Waals surface area contributed by atoms with Crippen molar-refractivity contribution < 1.29 is 14.0 Å². The molecule has 17 heavy (non-hydrogen) atoms. The van der Waals surface area contributed by atoms with Crippen molar-refractivity contribution in [3.8, 4) is 0 Å². The molecule has 0 unspecified atom stereocenters. The molecule has 0 spiro atoms. The summed E-state index contributed by atoms with van der Waals surface area (Å²) in [7, 11) is 0. The summed E-state index contributed by atoms with van der Waals surface area (Å²) in [5.74, 6) is -1.28. The van der Waals surface area contributed by atoms with Crippen LogP contribution in [0, 0.1) is 12.7 Å². The highest BCUT2D eigenvalue weighted by Gasteiger charge is 2.05. The largest absolute Gasteiger partial charge is 0.346 e. The van der Waals surface area contributed by atoms with Gasteiger partial charge in [0, 0.05) is 5.69 Å². The fraction of sp³-hybridized carbons (Fsp3) is 0.273. The van der Waals surface area contributed by atoms with Gasteiger partial charge in [-0.3, -0.25) is 9.59 Å². The second-order valence-corrected chi connectivity index (χ2v) is 3.55. The third-order valence-electron chi connectivity index (χ3n) is 1.96. The van der Waals surface area contributed by atoms with Crippen LogP contribution in [-0.2, 0) is 9.59 Å². The molecule has 0 saturated carbocycles. The number of anilines is 1. The van der Waals surface area contributed by atoms with Crippen LogP contribution in [0.2, 0.25) is 0 Å². The van der Waals surface area contributed by atoms with Gasteiger partial charge in [0.25, 0.3) is 0 Å². The van der Waals surface area contributed by atoms with Gasteiger partial charge in [-0.2, -0.15) is 0 Å². The van der Waals surface area contributed by atoms with Gasteiger partial charge >= 0.3 is 0 Å². The van der Waals surface area contributed by atoms with Crippen molar-refractivity contribution in [3.05, 3.63) is 29.6 Å². The first-order valence-electron chi connectivity index (χ1n) is 5.05. The molecule has 0 saturated heterocycles. The highest BCUT2D eigenvalue weighted by Crippen LogP contribution is 2.12. The third-order valence-corrected chi connectivity index (χ3v) is 1.96. The first-order chi connectivity index (χ1) is 8.01. The smallest absolute Gasteiger partial charge is 0.243 e. The summed E-state index contributed by atoms with van der Waals surface area (Å²) >= 11 is 0. The normalized spacial score (nSPS) is 9.82. The Hall–Kier alpha value is -1.95. The number of rotatable bonds is 4. The van der Waals surface area contributed by atoms with E-state index in [4.69, 9.17) is 5.73 Å². The molecule has 1 rings (SSSR count). The van der Waals surface area contributed by atoms with Gasteiger partial charge in [-0.25, -0.2) is 4.39 Å². The molecular formula is C11H14FN3O2. The van der Waals surface area contributed by atoms with E-state index in [0.717, 1.165) is 0 Å². The number of benzene rings is 1. The number of hydrogen-bond donors (Lipinski definition) is 3. The number of nitrogens with two attached hydrogens (primary N) is 1. The Morgan fingerprint density at radius 1 is 1.29 bits per heavy atom. The Morgan fingerprint density at radius 3 is 2.59 bits per heavy atom. The van der Waals surface area contributed by atoms with E-state index in [0.29, 0.717) is 11.3 Å². The van der Waals surface area contributed by atoms with E-state index in [-0.39, 0.29) is 13.1 Å². The second kappa shape index (κ2) is 5.95. The van der Waals surface area contributed by atoms with Crippen molar-refractivity contribution in [3.63, 3.8) is 0 Å². The van der Waals surface area contributed by atoms with Gasteiger partial charge in [-0.15, -0.1) is 0 Å². The molecule has 0 aliphatic carbocycles. The molecule has 0 aromatic heterocycles. The SMILES string of the molecule is Cc1cc(F)cc(NC(=O)CNC(=O)CN)c1. The van der Waals surface area contributed by atoms with Crippen LogP contribution >= 0.6 is 0 Å². The molecule has 5 nitrogen and oxygen atoms in total. The number of nitrogens with one attached hydrogen (secondary N) is 2. The van der Waals surface area contributed by atoms with E-state index >= 15 is 0 Å². The molecule has 4 N–H and O–H groups in total. The van der Waals surface area contributed by atoms with Crippen LogP contribution in [0.15, 0.2) is 18.2 Å². The lowest BCUT2D eigenvalue weighted by atomic mass is 10.2. The zero-order valence-electron chi connectivity index (χ0n) is 9.42. The Bertz CT molecular complexity index is 414. The van der Waals surface area contributed by atoms with Gasteiger partial charge in [0.15, 0.2) is 0 Å². The van der Waals surface area contributed by atoms with Crippen LogP contribution in [0.3, 0.4) is 0 Å². The van der Waals surface area contributed by atoms with Crippen LogP contribution in [-0.4, -0.2) is 24.9 Å². The van der Waals surface area contributed by atoms with E-state index in [9.17, 15) is 14.0 Å². The predicted octanol–water partition coefficient (Wildman–Crippen LogP) is 0.148. The second-order valence-electron chi connectivity index (χ2n) is 3.55. The van der Waals surface area contributed by atoms with Crippen LogP contribution in [0.4, 0.5) is 10.1 Å². The molecule has 1 aromatic carbocycles. The van der Waals surface area contributed by atoms with Gasteiger partial charge in [-0.1, -0.05) is 0 Å². The van der Waals surface area contributed by atoms with Crippen molar-refractivity contribution in [2.24, 2.45) is 5.73 Å². The minimum absolute atomic E-state index is 0.174. The number of aryl methyl sites for hydroxylation is 1. The quantitative estimate of drug-likeness (QED) is 0.699. The van der Waals surface area contributed by atoms with E-state index in [1.807, 2.05) is 0 Å². The molecule has 1 aromatic rings. The van der Waals surface area contributed by atoms with Crippen molar-refractivity contribution in [1.29, 1.82) is 0 Å². The number of hydrogen-bond acceptors (Lipinski definition) is 3. The van der Waals surface area contributed by atoms with Crippen LogP contribution in [0.25, 0.3) is 0 Å². The average Bonchev–Trinajstić information content (AvgIpc) is 2.24. The molecule has 0 aliphatic heterocycles. The van der Waals surface area contributed by atoms with E-state index in [1.54, 1.807) is 13.0 Å². The summed E-state index contributed by atoms with van der Waals surface area (Å²) in [5.41, 5.74) is 6.11. The molecule has 0 radical (unpaired) electrons. The minimum Gasteiger partial charge on any atom is -0.346 e. The summed E-state index contributed by atoms with van der Waals surface area (Å²) in [6, 6.07) is 4.19. The standard InChI is InChI=1S/C11H14FN3O2/c1-7-2-8(12)4-9(3-7)15-11(17)6-14-10(16)5-13/h2-4H,5-6,13H2,1H3,(H,14,16)(H,15,17). The lowest BCUT2D eigenvalue weighted by molar-refractivity contribution is -0.123. The van der Waals surface area contributed by atoms with Gasteiger partial charge in [0.1, 0.15) is 5.82 Å². The minimum atomic E-state index is -0.434. The van der Waals surface area contributed by atoms with Crippen molar-refractivity contribution in [2.75, 3.05) is 18.4 Å². The molecule has 92 valence electrons. The van der Waals surface area contributed by atoms with Crippen LogP contribution in [0.5, 0.6) is 0 Å². The Kier molecular flexibility index (Phi) is 4.59. The maximum absolute atomic E-state index is 13.0. The zero-order chi connectivity index (χ0) is 12.8. The first kappa shape index (κ1) is 13.1. The summed E-state index contributed by atoms with van der Waals surface area (Å²) in [6.45, 7) is 1.35. The number of amides is 2. The topological polar surface area (TPSA) is 84.2 Å².